The molecule has 0 heterocycles. The summed E-state index contributed by atoms with van der Waals surface area (Å²) in [6.45, 7) is 6.15. The molecule has 2 rings (SSSR count). The van der Waals surface area contributed by atoms with E-state index in [0.717, 1.165) is 5.56 Å². The quantitative estimate of drug-likeness (QED) is 0.819. The average Bonchev–Trinajstić information content (AvgIpc) is 2.38. The van der Waals surface area contributed by atoms with Gasteiger partial charge in [0.05, 0.1) is 5.56 Å². The molecule has 0 spiro atoms. The molecule has 0 saturated carbocycles. The zero-order chi connectivity index (χ0) is 14.9. The number of carbonyl (C=O) groups excluding carboxylic acids is 1. The number of phenolic OH excluding ortho intramolecular Hbond substituents is 2. The summed E-state index contributed by atoms with van der Waals surface area (Å²) in [6, 6.07) is 11.1. The Morgan fingerprint density at radius 2 is 1.55 bits per heavy atom. The molecule has 20 heavy (non-hydrogen) atoms. The fraction of sp³-hybridized carbons (Fsp3) is 0.235. The van der Waals surface area contributed by atoms with E-state index in [1.807, 2.05) is 26.8 Å². The van der Waals surface area contributed by atoms with Gasteiger partial charge in [-0.25, -0.2) is 0 Å². The first-order chi connectivity index (χ1) is 9.29. The highest BCUT2D eigenvalue weighted by Crippen LogP contribution is 2.29. The van der Waals surface area contributed by atoms with Gasteiger partial charge in [-0.1, -0.05) is 26.8 Å². The molecule has 0 unspecified atom stereocenters. The van der Waals surface area contributed by atoms with E-state index < -0.39 is 0 Å². The van der Waals surface area contributed by atoms with Gasteiger partial charge in [0.1, 0.15) is 11.5 Å². The zero-order valence-electron chi connectivity index (χ0n) is 11.8. The van der Waals surface area contributed by atoms with Crippen molar-refractivity contribution in [1.82, 2.24) is 0 Å². The molecule has 2 N–H and O–H groups in total. The van der Waals surface area contributed by atoms with Crippen molar-refractivity contribution in [3.05, 3.63) is 59.2 Å². The van der Waals surface area contributed by atoms with Crippen LogP contribution in [-0.2, 0) is 5.41 Å². The van der Waals surface area contributed by atoms with Gasteiger partial charge < -0.3 is 10.2 Å². The Hall–Kier alpha value is -2.29. The second-order valence-electron chi connectivity index (χ2n) is 5.86. The van der Waals surface area contributed by atoms with Crippen LogP contribution < -0.4 is 0 Å². The van der Waals surface area contributed by atoms with Gasteiger partial charge in [0, 0.05) is 5.56 Å². The first kappa shape index (κ1) is 14.1. The predicted octanol–water partition coefficient (Wildman–Crippen LogP) is 3.63. The summed E-state index contributed by atoms with van der Waals surface area (Å²) < 4.78 is 0. The Morgan fingerprint density at radius 1 is 0.950 bits per heavy atom. The van der Waals surface area contributed by atoms with Crippen LogP contribution in [0.2, 0.25) is 0 Å². The fourth-order valence-corrected chi connectivity index (χ4v) is 1.95. The number of phenols is 2. The maximum atomic E-state index is 12.4. The second kappa shape index (κ2) is 5.00. The molecular formula is C17H18O3. The molecule has 3 heteroatoms. The van der Waals surface area contributed by atoms with E-state index in [0.29, 0.717) is 5.56 Å². The lowest BCUT2D eigenvalue weighted by molar-refractivity contribution is 0.103. The van der Waals surface area contributed by atoms with Crippen molar-refractivity contribution < 1.29 is 15.0 Å². The molecule has 0 amide bonds. The van der Waals surface area contributed by atoms with Crippen LogP contribution in [-0.4, -0.2) is 16.0 Å². The Morgan fingerprint density at radius 3 is 2.10 bits per heavy atom. The number of ketones is 1. The molecule has 0 atom stereocenters. The largest absolute Gasteiger partial charge is 0.508 e. The molecule has 0 bridgehead atoms. The fourth-order valence-electron chi connectivity index (χ4n) is 1.95. The molecule has 0 aromatic heterocycles. The van der Waals surface area contributed by atoms with Gasteiger partial charge in [-0.15, -0.1) is 0 Å². The number of hydrogen-bond donors (Lipinski definition) is 2. The molecule has 0 radical (unpaired) electrons. The van der Waals surface area contributed by atoms with Crippen LogP contribution in [0.4, 0.5) is 0 Å². The van der Waals surface area contributed by atoms with Crippen molar-refractivity contribution in [3.8, 4) is 11.5 Å². The van der Waals surface area contributed by atoms with Crippen molar-refractivity contribution in [2.45, 2.75) is 26.2 Å². The smallest absolute Gasteiger partial charge is 0.196 e. The highest BCUT2D eigenvalue weighted by atomic mass is 16.3. The zero-order valence-corrected chi connectivity index (χ0v) is 11.8. The van der Waals surface area contributed by atoms with Crippen molar-refractivity contribution >= 4 is 5.78 Å². The Bertz CT molecular complexity index is 634. The summed E-state index contributed by atoms with van der Waals surface area (Å²) in [5, 5.41) is 19.2. The Kier molecular flexibility index (Phi) is 3.53. The highest BCUT2D eigenvalue weighted by Gasteiger charge is 2.19. The van der Waals surface area contributed by atoms with E-state index >= 15 is 0 Å². The molecular weight excluding hydrogens is 252 g/mol. The van der Waals surface area contributed by atoms with Crippen LogP contribution in [0, 0.1) is 0 Å². The highest BCUT2D eigenvalue weighted by molar-refractivity contribution is 6.10. The van der Waals surface area contributed by atoms with Gasteiger partial charge >= 0.3 is 0 Å². The third-order valence-electron chi connectivity index (χ3n) is 3.24. The third kappa shape index (κ3) is 2.82. The lowest BCUT2D eigenvalue weighted by Crippen LogP contribution is -2.12. The standard InChI is InChI=1S/C17H18O3/c1-17(2,3)12-6-9-15(19)14(10-12)16(20)11-4-7-13(18)8-5-11/h4-10,18-19H,1-3H3. The lowest BCUT2D eigenvalue weighted by Gasteiger charge is -2.20. The topological polar surface area (TPSA) is 57.5 Å². The number of rotatable bonds is 2. The molecule has 0 aliphatic heterocycles. The van der Waals surface area contributed by atoms with Crippen molar-refractivity contribution in [2.24, 2.45) is 0 Å². The van der Waals surface area contributed by atoms with Crippen LogP contribution in [0.1, 0.15) is 42.3 Å². The summed E-state index contributed by atoms with van der Waals surface area (Å²) >= 11 is 0. The van der Waals surface area contributed by atoms with E-state index in [1.54, 1.807) is 24.3 Å². The van der Waals surface area contributed by atoms with E-state index in [2.05, 4.69) is 0 Å². The average molecular weight is 270 g/mol. The van der Waals surface area contributed by atoms with E-state index in [1.165, 1.54) is 12.1 Å². The maximum absolute atomic E-state index is 12.4. The van der Waals surface area contributed by atoms with E-state index in [4.69, 9.17) is 0 Å². The second-order valence-corrected chi connectivity index (χ2v) is 5.86. The van der Waals surface area contributed by atoms with E-state index in [9.17, 15) is 15.0 Å². The summed E-state index contributed by atoms with van der Waals surface area (Å²) in [5.74, 6) is -0.182. The molecule has 3 nitrogen and oxygen atoms in total. The third-order valence-corrected chi connectivity index (χ3v) is 3.24. The molecule has 0 fully saturated rings. The number of hydrogen-bond acceptors (Lipinski definition) is 3. The van der Waals surface area contributed by atoms with Gasteiger partial charge in [-0.3, -0.25) is 4.79 Å². The lowest BCUT2D eigenvalue weighted by atomic mass is 9.85. The molecule has 2 aromatic rings. The van der Waals surface area contributed by atoms with Gasteiger partial charge in [0.15, 0.2) is 5.78 Å². The molecule has 0 aliphatic rings. The Balaban J connectivity index is 2.46. The SMILES string of the molecule is CC(C)(C)c1ccc(O)c(C(=O)c2ccc(O)cc2)c1. The van der Waals surface area contributed by atoms with Crippen molar-refractivity contribution in [1.29, 1.82) is 0 Å². The van der Waals surface area contributed by atoms with Crippen LogP contribution in [0.25, 0.3) is 0 Å². The summed E-state index contributed by atoms with van der Waals surface area (Å²) in [7, 11) is 0. The minimum atomic E-state index is -0.256. The van der Waals surface area contributed by atoms with Crippen LogP contribution in [0.15, 0.2) is 42.5 Å². The molecule has 104 valence electrons. The molecule has 0 saturated heterocycles. The normalized spacial score (nSPS) is 11.3. The van der Waals surface area contributed by atoms with Crippen LogP contribution in [0.5, 0.6) is 11.5 Å². The van der Waals surface area contributed by atoms with Gasteiger partial charge in [-0.05, 0) is 47.4 Å². The monoisotopic (exact) mass is 270 g/mol. The van der Waals surface area contributed by atoms with E-state index in [-0.39, 0.29) is 28.3 Å². The van der Waals surface area contributed by atoms with Gasteiger partial charge in [-0.2, -0.15) is 0 Å². The predicted molar refractivity (Wildman–Crippen MR) is 78.3 cm³/mol. The van der Waals surface area contributed by atoms with Crippen molar-refractivity contribution in [2.75, 3.05) is 0 Å². The molecule has 0 aliphatic carbocycles. The maximum Gasteiger partial charge on any atom is 0.196 e. The summed E-state index contributed by atoms with van der Waals surface area (Å²) in [5.41, 5.74) is 1.60. The number of aromatic hydroxyl groups is 2. The Labute approximate surface area is 118 Å². The number of carbonyl (C=O) groups is 1. The minimum absolute atomic E-state index is 0.0314. The van der Waals surface area contributed by atoms with Crippen molar-refractivity contribution in [3.63, 3.8) is 0 Å². The molecule has 2 aromatic carbocycles. The van der Waals surface area contributed by atoms with Gasteiger partial charge in [0.25, 0.3) is 0 Å². The first-order valence-corrected chi connectivity index (χ1v) is 6.46. The minimum Gasteiger partial charge on any atom is -0.508 e. The van der Waals surface area contributed by atoms with Crippen LogP contribution in [0.3, 0.4) is 0 Å². The summed E-state index contributed by atoms with van der Waals surface area (Å²) in [4.78, 5) is 12.4. The number of benzene rings is 2. The van der Waals surface area contributed by atoms with Crippen LogP contribution >= 0.6 is 0 Å². The van der Waals surface area contributed by atoms with Gasteiger partial charge in [0.2, 0.25) is 0 Å². The summed E-state index contributed by atoms with van der Waals surface area (Å²) in [6.07, 6.45) is 0. The first-order valence-electron chi connectivity index (χ1n) is 6.46.